The predicted octanol–water partition coefficient (Wildman–Crippen LogP) is 3.57. The highest BCUT2D eigenvalue weighted by atomic mass is 35.5. The molecule has 0 saturated heterocycles. The summed E-state index contributed by atoms with van der Waals surface area (Å²) in [5, 5.41) is 1.44. The van der Waals surface area contributed by atoms with Gasteiger partial charge in [0, 0.05) is 10.4 Å². The van der Waals surface area contributed by atoms with Gasteiger partial charge in [0.15, 0.2) is 0 Å². The molecule has 0 heterocycles. The number of rotatable bonds is 0. The number of alkyl halides is 1. The molecule has 0 bridgehead atoms. The van der Waals surface area contributed by atoms with Crippen molar-refractivity contribution in [1.29, 1.82) is 0 Å². The molecule has 2 aliphatic carbocycles. The van der Waals surface area contributed by atoms with Crippen molar-refractivity contribution in [2.75, 3.05) is 0 Å². The lowest BCUT2D eigenvalue weighted by Crippen LogP contribution is -2.31. The standard InChI is InChI=1S/C8H9Cl3/c1-3-4(2)8(3)6(10)5(9)7(8)11/h3-4,6H,1-2H3/t3?,4?,6-,8?/m0/s1. The van der Waals surface area contributed by atoms with Crippen LogP contribution in [0.4, 0.5) is 0 Å². The van der Waals surface area contributed by atoms with Gasteiger partial charge in [0.25, 0.3) is 0 Å². The highest BCUT2D eigenvalue weighted by molar-refractivity contribution is 6.47. The van der Waals surface area contributed by atoms with E-state index < -0.39 is 0 Å². The van der Waals surface area contributed by atoms with Crippen LogP contribution >= 0.6 is 34.8 Å². The summed E-state index contributed by atoms with van der Waals surface area (Å²) in [6.45, 7) is 4.34. The lowest BCUT2D eigenvalue weighted by Gasteiger charge is -2.33. The van der Waals surface area contributed by atoms with E-state index in [1.165, 1.54) is 0 Å². The van der Waals surface area contributed by atoms with E-state index in [1.807, 2.05) is 0 Å². The van der Waals surface area contributed by atoms with Crippen LogP contribution in [0.2, 0.25) is 0 Å². The second kappa shape index (κ2) is 2.10. The summed E-state index contributed by atoms with van der Waals surface area (Å²) >= 11 is 17.9. The molecule has 11 heavy (non-hydrogen) atoms. The van der Waals surface area contributed by atoms with Gasteiger partial charge in [0.1, 0.15) is 0 Å². The van der Waals surface area contributed by atoms with Crippen LogP contribution in [-0.2, 0) is 0 Å². The van der Waals surface area contributed by atoms with Crippen LogP contribution in [0.5, 0.6) is 0 Å². The topological polar surface area (TPSA) is 0 Å². The summed E-state index contributed by atoms with van der Waals surface area (Å²) < 4.78 is 0. The molecule has 1 saturated carbocycles. The Morgan fingerprint density at radius 1 is 1.18 bits per heavy atom. The molecular weight excluding hydrogens is 202 g/mol. The molecule has 0 aromatic carbocycles. The summed E-state index contributed by atoms with van der Waals surface area (Å²) in [5.74, 6) is 1.19. The lowest BCUT2D eigenvalue weighted by atomic mass is 9.86. The first-order valence-corrected chi connectivity index (χ1v) is 4.93. The molecule has 0 amide bonds. The van der Waals surface area contributed by atoms with Gasteiger partial charge in [-0.3, -0.25) is 0 Å². The SMILES string of the molecule is CC1C(C)C12C(Cl)=C(Cl)[C@@H]2Cl. The first-order valence-electron chi connectivity index (χ1n) is 3.74. The van der Waals surface area contributed by atoms with E-state index in [-0.39, 0.29) is 10.8 Å². The molecule has 1 spiro atoms. The van der Waals surface area contributed by atoms with Crippen LogP contribution in [0.25, 0.3) is 0 Å². The summed E-state index contributed by atoms with van der Waals surface area (Å²) in [7, 11) is 0. The Balaban J connectivity index is 2.36. The minimum Gasteiger partial charge on any atom is -0.116 e. The van der Waals surface area contributed by atoms with Crippen molar-refractivity contribution in [1.82, 2.24) is 0 Å². The summed E-state index contributed by atoms with van der Waals surface area (Å²) in [6.07, 6.45) is 0. The van der Waals surface area contributed by atoms with Crippen LogP contribution < -0.4 is 0 Å². The van der Waals surface area contributed by atoms with Gasteiger partial charge in [-0.15, -0.1) is 11.6 Å². The number of hydrogen-bond acceptors (Lipinski definition) is 0. The number of halogens is 3. The van der Waals surface area contributed by atoms with E-state index in [4.69, 9.17) is 34.8 Å². The number of hydrogen-bond donors (Lipinski definition) is 0. The normalized spacial score (nSPS) is 54.8. The van der Waals surface area contributed by atoms with Gasteiger partial charge >= 0.3 is 0 Å². The van der Waals surface area contributed by atoms with E-state index in [2.05, 4.69) is 13.8 Å². The fourth-order valence-electron chi connectivity index (χ4n) is 2.23. The van der Waals surface area contributed by atoms with E-state index in [0.29, 0.717) is 16.9 Å². The molecule has 0 aromatic rings. The van der Waals surface area contributed by atoms with E-state index in [0.717, 1.165) is 5.03 Å². The van der Waals surface area contributed by atoms with Crippen molar-refractivity contribution in [3.63, 3.8) is 0 Å². The fraction of sp³-hybridized carbons (Fsp3) is 0.750. The summed E-state index contributed by atoms with van der Waals surface area (Å²) in [5.41, 5.74) is 0.0557. The maximum atomic E-state index is 6.06. The summed E-state index contributed by atoms with van der Waals surface area (Å²) in [4.78, 5) is 0. The Labute approximate surface area is 81.5 Å². The Hall–Kier alpha value is 0.610. The largest absolute Gasteiger partial charge is 0.116 e. The zero-order valence-electron chi connectivity index (χ0n) is 6.37. The van der Waals surface area contributed by atoms with Crippen molar-refractivity contribution < 1.29 is 0 Å². The molecule has 62 valence electrons. The van der Waals surface area contributed by atoms with Gasteiger partial charge in [0.05, 0.1) is 10.4 Å². The smallest absolute Gasteiger partial charge is 0.0814 e. The van der Waals surface area contributed by atoms with Crippen molar-refractivity contribution in [3.05, 3.63) is 10.1 Å². The molecule has 0 radical (unpaired) electrons. The fourth-order valence-corrected chi connectivity index (χ4v) is 3.86. The molecule has 3 atom stereocenters. The third kappa shape index (κ3) is 0.657. The van der Waals surface area contributed by atoms with Gasteiger partial charge in [-0.05, 0) is 11.8 Å². The van der Waals surface area contributed by atoms with E-state index in [9.17, 15) is 0 Å². The minimum atomic E-state index is -0.0262. The monoisotopic (exact) mass is 210 g/mol. The third-order valence-corrected chi connectivity index (χ3v) is 5.11. The molecule has 0 N–H and O–H groups in total. The maximum Gasteiger partial charge on any atom is 0.0814 e. The molecule has 3 heteroatoms. The van der Waals surface area contributed by atoms with Crippen molar-refractivity contribution in [3.8, 4) is 0 Å². The van der Waals surface area contributed by atoms with Gasteiger partial charge in [-0.25, -0.2) is 0 Å². The Morgan fingerprint density at radius 2 is 1.64 bits per heavy atom. The quantitative estimate of drug-likeness (QED) is 0.538. The van der Waals surface area contributed by atoms with Crippen molar-refractivity contribution in [2.24, 2.45) is 17.3 Å². The molecule has 0 aromatic heterocycles. The van der Waals surface area contributed by atoms with E-state index >= 15 is 0 Å². The Bertz CT molecular complexity index is 236. The maximum absolute atomic E-state index is 6.06. The zero-order valence-corrected chi connectivity index (χ0v) is 8.63. The molecule has 0 aliphatic heterocycles. The van der Waals surface area contributed by atoms with Gasteiger partial charge in [-0.2, -0.15) is 0 Å². The highest BCUT2D eigenvalue weighted by Crippen LogP contribution is 2.75. The average Bonchev–Trinajstić information content (AvgIpc) is 2.55. The summed E-state index contributed by atoms with van der Waals surface area (Å²) in [6, 6.07) is 0. The van der Waals surface area contributed by atoms with Crippen LogP contribution in [0, 0.1) is 17.3 Å². The predicted molar refractivity (Wildman–Crippen MR) is 49.1 cm³/mol. The molecule has 2 unspecified atom stereocenters. The second-order valence-electron chi connectivity index (χ2n) is 3.53. The van der Waals surface area contributed by atoms with Gasteiger partial charge < -0.3 is 0 Å². The Morgan fingerprint density at radius 3 is 1.82 bits per heavy atom. The number of allylic oxidation sites excluding steroid dienone is 2. The lowest BCUT2D eigenvalue weighted by molar-refractivity contribution is 0.508. The van der Waals surface area contributed by atoms with Crippen molar-refractivity contribution >= 4 is 34.8 Å². The van der Waals surface area contributed by atoms with Gasteiger partial charge in [0.2, 0.25) is 0 Å². The van der Waals surface area contributed by atoms with Crippen LogP contribution in [-0.4, -0.2) is 5.38 Å². The Kier molecular flexibility index (Phi) is 1.57. The average molecular weight is 212 g/mol. The molecule has 0 nitrogen and oxygen atoms in total. The van der Waals surface area contributed by atoms with Gasteiger partial charge in [-0.1, -0.05) is 37.0 Å². The van der Waals surface area contributed by atoms with E-state index in [1.54, 1.807) is 0 Å². The van der Waals surface area contributed by atoms with Crippen molar-refractivity contribution in [2.45, 2.75) is 19.2 Å². The second-order valence-corrected chi connectivity index (χ2v) is 4.76. The molecule has 2 aliphatic rings. The highest BCUT2D eigenvalue weighted by Gasteiger charge is 2.71. The molecular formula is C8H9Cl3. The van der Waals surface area contributed by atoms with Crippen LogP contribution in [0.15, 0.2) is 10.1 Å². The molecule has 1 fully saturated rings. The first kappa shape index (κ1) is 8.22. The minimum absolute atomic E-state index is 0.0262. The molecule has 2 rings (SSSR count). The van der Waals surface area contributed by atoms with Crippen LogP contribution in [0.1, 0.15) is 13.8 Å². The zero-order chi connectivity index (χ0) is 8.39. The first-order chi connectivity index (χ1) is 5.04. The van der Waals surface area contributed by atoms with Crippen LogP contribution in [0.3, 0.4) is 0 Å². The third-order valence-electron chi connectivity index (χ3n) is 3.38.